The van der Waals surface area contributed by atoms with Crippen LogP contribution in [-0.2, 0) is 4.57 Å². The predicted octanol–water partition coefficient (Wildman–Crippen LogP) is 2.64. The smallest absolute Gasteiger partial charge is 0.249 e. The summed E-state index contributed by atoms with van der Waals surface area (Å²) < 4.78 is 25.0. The fourth-order valence-electron chi connectivity index (χ4n) is 1.64. The molecule has 0 bridgehead atoms. The molecule has 1 heterocycles. The van der Waals surface area contributed by atoms with Crippen LogP contribution in [0.3, 0.4) is 0 Å². The molecule has 2 unspecified atom stereocenters. The highest BCUT2D eigenvalue weighted by atomic mass is 31.2. The molecule has 13 heavy (non-hydrogen) atoms. The first kappa shape index (κ1) is 11.2. The van der Waals surface area contributed by atoms with Crippen molar-refractivity contribution in [1.82, 2.24) is 5.32 Å². The second-order valence-electron chi connectivity index (χ2n) is 4.26. The van der Waals surface area contributed by atoms with Crippen molar-refractivity contribution in [2.45, 2.75) is 32.3 Å². The number of hydrogen-bond acceptors (Lipinski definition) is 2. The van der Waals surface area contributed by atoms with E-state index in [4.69, 9.17) is 0 Å². The lowest BCUT2D eigenvalue weighted by Crippen LogP contribution is -2.35. The van der Waals surface area contributed by atoms with E-state index in [1.54, 1.807) is 0 Å². The summed E-state index contributed by atoms with van der Waals surface area (Å²) in [5, 5.41) is 3.10. The van der Waals surface area contributed by atoms with Gasteiger partial charge in [-0.15, -0.1) is 0 Å². The summed E-state index contributed by atoms with van der Waals surface area (Å²) in [5.74, 6) is 0.571. The van der Waals surface area contributed by atoms with Gasteiger partial charge in [-0.1, -0.05) is 20.3 Å². The van der Waals surface area contributed by atoms with E-state index < -0.39 is 7.45 Å². The second kappa shape index (κ2) is 4.56. The molecule has 0 aromatic heterocycles. The summed E-state index contributed by atoms with van der Waals surface area (Å²) in [6.45, 7) is 5.39. The Hall–Kier alpha value is 0.120. The van der Waals surface area contributed by atoms with Crippen molar-refractivity contribution in [2.75, 3.05) is 19.3 Å². The molecule has 4 heteroatoms. The van der Waals surface area contributed by atoms with Gasteiger partial charge in [0.05, 0.1) is 5.66 Å². The van der Waals surface area contributed by atoms with Gasteiger partial charge in [0.1, 0.15) is 0 Å². The van der Waals surface area contributed by atoms with E-state index in [0.717, 1.165) is 12.8 Å². The molecule has 78 valence electrons. The minimum absolute atomic E-state index is 0.219. The molecule has 1 saturated heterocycles. The average Bonchev–Trinajstić information content (AvgIpc) is 2.01. The summed E-state index contributed by atoms with van der Waals surface area (Å²) in [7, 11) is -3.32. The Morgan fingerprint density at radius 2 is 2.31 bits per heavy atom. The van der Waals surface area contributed by atoms with E-state index in [1.807, 2.05) is 0 Å². The van der Waals surface area contributed by atoms with Crippen molar-refractivity contribution in [3.63, 3.8) is 0 Å². The molecular formula is C9H19FNOP. The van der Waals surface area contributed by atoms with Crippen LogP contribution >= 0.6 is 7.45 Å². The molecule has 1 fully saturated rings. The Morgan fingerprint density at radius 3 is 2.85 bits per heavy atom. The highest BCUT2D eigenvalue weighted by Gasteiger charge is 2.34. The third kappa shape index (κ3) is 3.40. The highest BCUT2D eigenvalue weighted by molar-refractivity contribution is 7.59. The quantitative estimate of drug-likeness (QED) is 0.721. The first-order valence-electron chi connectivity index (χ1n) is 5.01. The molecule has 0 aliphatic carbocycles. The lowest BCUT2D eigenvalue weighted by atomic mass is 10.1. The summed E-state index contributed by atoms with van der Waals surface area (Å²) in [4.78, 5) is 0. The molecule has 0 aromatic carbocycles. The van der Waals surface area contributed by atoms with Crippen LogP contribution < -0.4 is 5.32 Å². The minimum atomic E-state index is -3.32. The maximum atomic E-state index is 13.5. The molecule has 1 aliphatic heterocycles. The van der Waals surface area contributed by atoms with Crippen LogP contribution in [0.15, 0.2) is 0 Å². The molecule has 0 aromatic rings. The molecule has 1 rings (SSSR count). The van der Waals surface area contributed by atoms with Crippen LogP contribution in [0.25, 0.3) is 0 Å². The summed E-state index contributed by atoms with van der Waals surface area (Å²) in [6, 6.07) is 0. The van der Waals surface area contributed by atoms with Gasteiger partial charge in [-0.2, -0.15) is 4.20 Å². The predicted molar refractivity (Wildman–Crippen MR) is 54.3 cm³/mol. The third-order valence-corrected chi connectivity index (χ3v) is 4.96. The molecule has 2 atom stereocenters. The van der Waals surface area contributed by atoms with Crippen LogP contribution in [0.2, 0.25) is 0 Å². The Bertz CT molecular complexity index is 208. The molecule has 0 saturated carbocycles. The van der Waals surface area contributed by atoms with Gasteiger partial charge in [0.2, 0.25) is 7.45 Å². The lowest BCUT2D eigenvalue weighted by Gasteiger charge is -2.27. The van der Waals surface area contributed by atoms with Gasteiger partial charge < -0.3 is 5.32 Å². The standard InChI is InChI=1S/C9H19FNOP/c1-8(2)3-4-9-7-11-5-6-13(9,10)12/h8-9,11H,3-7H2,1-2H3. The van der Waals surface area contributed by atoms with Gasteiger partial charge in [-0.05, 0) is 12.3 Å². The fourth-order valence-corrected chi connectivity index (χ4v) is 3.40. The van der Waals surface area contributed by atoms with E-state index in [9.17, 15) is 8.76 Å². The van der Waals surface area contributed by atoms with E-state index >= 15 is 0 Å². The SMILES string of the molecule is CC(C)CCC1CNCCP1(=O)F. The molecular weight excluding hydrogens is 188 g/mol. The van der Waals surface area contributed by atoms with E-state index in [0.29, 0.717) is 19.0 Å². The van der Waals surface area contributed by atoms with Gasteiger partial charge in [-0.3, -0.25) is 4.57 Å². The molecule has 0 spiro atoms. The van der Waals surface area contributed by atoms with Crippen LogP contribution in [0.4, 0.5) is 4.20 Å². The van der Waals surface area contributed by atoms with Crippen LogP contribution in [0.5, 0.6) is 0 Å². The fraction of sp³-hybridized carbons (Fsp3) is 1.00. The monoisotopic (exact) mass is 207 g/mol. The first-order chi connectivity index (χ1) is 6.02. The Labute approximate surface area is 79.8 Å². The average molecular weight is 207 g/mol. The first-order valence-corrected chi connectivity index (χ1v) is 6.86. The summed E-state index contributed by atoms with van der Waals surface area (Å²) >= 11 is 0. The van der Waals surface area contributed by atoms with Crippen molar-refractivity contribution in [2.24, 2.45) is 5.92 Å². The molecule has 0 amide bonds. The van der Waals surface area contributed by atoms with Crippen molar-refractivity contribution < 1.29 is 8.76 Å². The summed E-state index contributed by atoms with van der Waals surface area (Å²) in [6.07, 6.45) is 1.97. The molecule has 1 N–H and O–H groups in total. The maximum absolute atomic E-state index is 13.5. The van der Waals surface area contributed by atoms with Gasteiger partial charge >= 0.3 is 0 Å². The molecule has 1 aliphatic rings. The largest absolute Gasteiger partial charge is 0.315 e. The van der Waals surface area contributed by atoms with E-state index in [-0.39, 0.29) is 11.8 Å². The number of hydrogen-bond donors (Lipinski definition) is 1. The van der Waals surface area contributed by atoms with E-state index in [2.05, 4.69) is 19.2 Å². The third-order valence-electron chi connectivity index (χ3n) is 2.60. The zero-order valence-corrected chi connectivity index (χ0v) is 9.32. The lowest BCUT2D eigenvalue weighted by molar-refractivity contribution is 0.465. The molecule has 0 radical (unpaired) electrons. The normalized spacial score (nSPS) is 35.2. The molecule has 2 nitrogen and oxygen atoms in total. The Kier molecular flexibility index (Phi) is 3.93. The van der Waals surface area contributed by atoms with Crippen molar-refractivity contribution in [1.29, 1.82) is 0 Å². The highest BCUT2D eigenvalue weighted by Crippen LogP contribution is 2.54. The van der Waals surface area contributed by atoms with Gasteiger partial charge in [0.25, 0.3) is 0 Å². The number of nitrogens with one attached hydrogen (secondary N) is 1. The van der Waals surface area contributed by atoms with Crippen LogP contribution in [0, 0.1) is 5.92 Å². The maximum Gasteiger partial charge on any atom is 0.249 e. The van der Waals surface area contributed by atoms with Crippen LogP contribution in [0.1, 0.15) is 26.7 Å². The Morgan fingerprint density at radius 1 is 1.62 bits per heavy atom. The van der Waals surface area contributed by atoms with Crippen LogP contribution in [-0.4, -0.2) is 24.9 Å². The zero-order valence-electron chi connectivity index (χ0n) is 8.42. The van der Waals surface area contributed by atoms with Gasteiger partial charge in [0, 0.05) is 19.3 Å². The van der Waals surface area contributed by atoms with Gasteiger partial charge in [0.15, 0.2) is 0 Å². The number of halogens is 1. The zero-order chi connectivity index (χ0) is 9.90. The Balaban J connectivity index is 2.42. The van der Waals surface area contributed by atoms with Crippen molar-refractivity contribution >= 4 is 7.45 Å². The minimum Gasteiger partial charge on any atom is -0.315 e. The number of rotatable bonds is 3. The van der Waals surface area contributed by atoms with Crippen molar-refractivity contribution in [3.05, 3.63) is 0 Å². The van der Waals surface area contributed by atoms with Crippen molar-refractivity contribution in [3.8, 4) is 0 Å². The topological polar surface area (TPSA) is 29.1 Å². The second-order valence-corrected chi connectivity index (χ2v) is 6.84. The van der Waals surface area contributed by atoms with E-state index in [1.165, 1.54) is 0 Å². The summed E-state index contributed by atoms with van der Waals surface area (Å²) in [5.41, 5.74) is -0.219. The van der Waals surface area contributed by atoms with Gasteiger partial charge in [-0.25, -0.2) is 0 Å².